The van der Waals surface area contributed by atoms with E-state index in [4.69, 9.17) is 9.88 Å². The van der Waals surface area contributed by atoms with Gasteiger partial charge in [0.2, 0.25) is 15.9 Å². The number of ether oxygens (including phenoxy) is 1. The predicted molar refractivity (Wildman–Crippen MR) is 110 cm³/mol. The fourth-order valence-corrected chi connectivity index (χ4v) is 4.01. The van der Waals surface area contributed by atoms with Crippen LogP contribution < -0.4 is 14.9 Å². The van der Waals surface area contributed by atoms with Gasteiger partial charge >= 0.3 is 6.09 Å². The van der Waals surface area contributed by atoms with Gasteiger partial charge in [-0.15, -0.1) is 0 Å². The fraction of sp³-hybridized carbons (Fsp3) is 0.300. The molecule has 2 aromatic rings. The number of amides is 2. The molecule has 0 radical (unpaired) electrons. The van der Waals surface area contributed by atoms with E-state index >= 15 is 0 Å². The Morgan fingerprint density at radius 1 is 1.10 bits per heavy atom. The van der Waals surface area contributed by atoms with E-state index in [1.165, 1.54) is 24.0 Å². The van der Waals surface area contributed by atoms with Gasteiger partial charge in [0, 0.05) is 13.5 Å². The lowest BCUT2D eigenvalue weighted by Crippen LogP contribution is -2.51. The summed E-state index contributed by atoms with van der Waals surface area (Å²) in [5, 5.41) is 5.15. The van der Waals surface area contributed by atoms with Crippen LogP contribution in [0.2, 0.25) is 0 Å². The summed E-state index contributed by atoms with van der Waals surface area (Å²) in [7, 11) is -3.78. The predicted octanol–water partition coefficient (Wildman–Crippen LogP) is 2.72. The van der Waals surface area contributed by atoms with Crippen LogP contribution in [0, 0.1) is 0 Å². The first-order chi connectivity index (χ1) is 13.6. The Hall–Kier alpha value is -2.91. The van der Waals surface area contributed by atoms with Crippen molar-refractivity contribution >= 4 is 33.4 Å². The molecule has 154 valence electrons. The number of anilines is 2. The van der Waals surface area contributed by atoms with Crippen LogP contribution in [0.4, 0.5) is 16.2 Å². The van der Waals surface area contributed by atoms with Crippen molar-refractivity contribution in [1.82, 2.24) is 0 Å². The largest absolute Gasteiger partial charge is 0.449 e. The highest BCUT2D eigenvalue weighted by Gasteiger charge is 2.34. The summed E-state index contributed by atoms with van der Waals surface area (Å²) < 4.78 is 28.1. The van der Waals surface area contributed by atoms with Gasteiger partial charge in [-0.25, -0.2) is 18.4 Å². The first-order valence-electron chi connectivity index (χ1n) is 9.15. The van der Waals surface area contributed by atoms with Crippen LogP contribution >= 0.6 is 0 Å². The summed E-state index contributed by atoms with van der Waals surface area (Å²) in [5.74, 6) is -0.118. The second-order valence-electron chi connectivity index (χ2n) is 6.82. The quantitative estimate of drug-likeness (QED) is 0.826. The third-order valence-corrected chi connectivity index (χ3v) is 5.69. The normalized spacial score (nSPS) is 16.3. The number of benzene rings is 2. The van der Waals surface area contributed by atoms with Crippen molar-refractivity contribution in [3.63, 3.8) is 0 Å². The Morgan fingerprint density at radius 2 is 1.72 bits per heavy atom. The molecule has 29 heavy (non-hydrogen) atoms. The molecule has 0 aliphatic carbocycles. The number of carbonyl (C=O) groups excluding carboxylic acids is 2. The molecule has 1 aliphatic rings. The number of hydrogen-bond donors (Lipinski definition) is 1. The van der Waals surface area contributed by atoms with Gasteiger partial charge in [-0.05, 0) is 49.2 Å². The molecule has 1 aliphatic heterocycles. The van der Waals surface area contributed by atoms with Gasteiger partial charge in [0.1, 0.15) is 0 Å². The lowest BCUT2D eigenvalue weighted by molar-refractivity contribution is -0.117. The maximum Gasteiger partial charge on any atom is 0.414 e. The molecule has 1 atom stereocenters. The molecule has 0 saturated carbocycles. The highest BCUT2D eigenvalue weighted by atomic mass is 32.2. The first-order valence-corrected chi connectivity index (χ1v) is 10.7. The number of nitrogens with zero attached hydrogens (tertiary/aromatic N) is 2. The molecule has 0 saturated heterocycles. The van der Waals surface area contributed by atoms with Crippen molar-refractivity contribution in [3.8, 4) is 11.1 Å². The van der Waals surface area contributed by atoms with E-state index in [1.54, 1.807) is 36.1 Å². The third kappa shape index (κ3) is 4.10. The zero-order valence-corrected chi connectivity index (χ0v) is 17.3. The lowest BCUT2D eigenvalue weighted by atomic mass is 10.0. The van der Waals surface area contributed by atoms with Gasteiger partial charge in [-0.1, -0.05) is 18.2 Å². The molecular formula is C20H23N3O5S. The van der Waals surface area contributed by atoms with Crippen LogP contribution in [-0.4, -0.2) is 39.6 Å². The average Bonchev–Trinajstić information content (AvgIpc) is 2.66. The number of primary sulfonamides is 1. The summed E-state index contributed by atoms with van der Waals surface area (Å²) in [4.78, 5) is 27.9. The standard InChI is InChI=1S/C20H23N3O5S/c1-4-28-20(25)22-12-13(2)23(14(3)24)18-10-7-16(11-19(18)22)15-5-8-17(9-6-15)29(21,26)27/h5-11,13H,4,12H2,1-3H3,(H2,21,26,27)/t13-/m0/s1. The van der Waals surface area contributed by atoms with E-state index in [1.807, 2.05) is 13.0 Å². The Morgan fingerprint density at radius 3 is 2.28 bits per heavy atom. The Kier molecular flexibility index (Phi) is 5.63. The minimum absolute atomic E-state index is 0.0175. The second kappa shape index (κ2) is 7.84. The minimum atomic E-state index is -3.78. The SMILES string of the molecule is CCOC(=O)N1C[C@H](C)N(C(C)=O)c2ccc(-c3ccc(S(N)(=O)=O)cc3)cc21. The van der Waals surface area contributed by atoms with Crippen LogP contribution in [0.25, 0.3) is 11.1 Å². The summed E-state index contributed by atoms with van der Waals surface area (Å²) in [6, 6.07) is 11.3. The molecule has 0 aromatic heterocycles. The second-order valence-corrected chi connectivity index (χ2v) is 8.38. The van der Waals surface area contributed by atoms with Crippen molar-refractivity contribution in [2.24, 2.45) is 5.14 Å². The summed E-state index contributed by atoms with van der Waals surface area (Å²) >= 11 is 0. The van der Waals surface area contributed by atoms with Crippen LogP contribution in [0.3, 0.4) is 0 Å². The topological polar surface area (TPSA) is 110 Å². The summed E-state index contributed by atoms with van der Waals surface area (Å²) in [6.07, 6.45) is -0.481. The van der Waals surface area contributed by atoms with Gasteiger partial charge in [-0.2, -0.15) is 0 Å². The van der Waals surface area contributed by atoms with Crippen molar-refractivity contribution in [1.29, 1.82) is 0 Å². The number of sulfonamides is 1. The first kappa shape index (κ1) is 20.8. The molecule has 9 heteroatoms. The van der Waals surface area contributed by atoms with Gasteiger partial charge in [0.05, 0.1) is 28.9 Å². The number of fused-ring (bicyclic) bond motifs is 1. The van der Waals surface area contributed by atoms with E-state index in [0.717, 1.165) is 11.1 Å². The number of rotatable bonds is 3. The van der Waals surface area contributed by atoms with Crippen molar-refractivity contribution < 1.29 is 22.7 Å². The lowest BCUT2D eigenvalue weighted by Gasteiger charge is -2.40. The van der Waals surface area contributed by atoms with Crippen LogP contribution in [0.15, 0.2) is 47.4 Å². The molecule has 0 unspecified atom stereocenters. The Balaban J connectivity index is 2.09. The van der Waals surface area contributed by atoms with Gasteiger partial charge < -0.3 is 9.64 Å². The molecule has 0 fully saturated rings. The number of hydrogen-bond acceptors (Lipinski definition) is 5. The average molecular weight is 417 g/mol. The molecular weight excluding hydrogens is 394 g/mol. The monoisotopic (exact) mass is 417 g/mol. The summed E-state index contributed by atoms with van der Waals surface area (Å²) in [6.45, 7) is 5.64. The number of carbonyl (C=O) groups is 2. The van der Waals surface area contributed by atoms with E-state index in [0.29, 0.717) is 17.9 Å². The molecule has 0 spiro atoms. The third-order valence-electron chi connectivity index (χ3n) is 4.76. The smallest absolute Gasteiger partial charge is 0.414 e. The van der Waals surface area contributed by atoms with Crippen molar-refractivity contribution in [3.05, 3.63) is 42.5 Å². The van der Waals surface area contributed by atoms with Crippen molar-refractivity contribution in [2.45, 2.75) is 31.7 Å². The Labute approximate surface area is 169 Å². The molecule has 1 heterocycles. The van der Waals surface area contributed by atoms with E-state index < -0.39 is 16.1 Å². The zero-order chi connectivity index (χ0) is 21.3. The maximum atomic E-state index is 12.5. The molecule has 8 nitrogen and oxygen atoms in total. The maximum absolute atomic E-state index is 12.5. The van der Waals surface area contributed by atoms with Gasteiger partial charge in [0.15, 0.2) is 0 Å². The van der Waals surface area contributed by atoms with E-state index in [-0.39, 0.29) is 23.5 Å². The van der Waals surface area contributed by atoms with Crippen LogP contribution in [0.1, 0.15) is 20.8 Å². The minimum Gasteiger partial charge on any atom is -0.449 e. The Bertz CT molecular complexity index is 1050. The van der Waals surface area contributed by atoms with Crippen LogP contribution in [-0.2, 0) is 19.6 Å². The molecule has 2 aromatic carbocycles. The molecule has 2 amide bonds. The molecule has 3 rings (SSSR count). The summed E-state index contributed by atoms with van der Waals surface area (Å²) in [5.41, 5.74) is 2.69. The highest BCUT2D eigenvalue weighted by Crippen LogP contribution is 2.39. The van der Waals surface area contributed by atoms with Crippen LogP contribution in [0.5, 0.6) is 0 Å². The van der Waals surface area contributed by atoms with Crippen molar-refractivity contribution in [2.75, 3.05) is 23.0 Å². The fourth-order valence-electron chi connectivity index (χ4n) is 3.50. The number of nitrogens with two attached hydrogens (primary N) is 1. The zero-order valence-electron chi connectivity index (χ0n) is 16.5. The van der Waals surface area contributed by atoms with Gasteiger partial charge in [-0.3, -0.25) is 9.69 Å². The van der Waals surface area contributed by atoms with E-state index in [9.17, 15) is 18.0 Å². The highest BCUT2D eigenvalue weighted by molar-refractivity contribution is 7.89. The van der Waals surface area contributed by atoms with Gasteiger partial charge in [0.25, 0.3) is 0 Å². The van der Waals surface area contributed by atoms with E-state index in [2.05, 4.69) is 0 Å². The molecule has 2 N–H and O–H groups in total. The molecule has 0 bridgehead atoms.